The lowest BCUT2D eigenvalue weighted by Crippen LogP contribution is -2.47. The van der Waals surface area contributed by atoms with Crippen molar-refractivity contribution >= 4 is 45.7 Å². The van der Waals surface area contributed by atoms with Crippen LogP contribution in [0.2, 0.25) is 0 Å². The van der Waals surface area contributed by atoms with E-state index in [9.17, 15) is 4.21 Å². The van der Waals surface area contributed by atoms with E-state index in [-0.39, 0.29) is 0 Å². The minimum Gasteiger partial charge on any atom is -0.369 e. The van der Waals surface area contributed by atoms with Crippen LogP contribution in [0.5, 0.6) is 0 Å². The van der Waals surface area contributed by atoms with Crippen molar-refractivity contribution in [1.82, 2.24) is 19.7 Å². The summed E-state index contributed by atoms with van der Waals surface area (Å²) < 4.78 is 18.3. The van der Waals surface area contributed by atoms with Crippen molar-refractivity contribution in [3.8, 4) is 0 Å². The number of benzene rings is 1. The summed E-state index contributed by atoms with van der Waals surface area (Å²) in [5, 5.41) is 7.78. The first-order valence-electron chi connectivity index (χ1n) is 11.1. The van der Waals surface area contributed by atoms with Crippen molar-refractivity contribution in [3.05, 3.63) is 60.0 Å². The summed E-state index contributed by atoms with van der Waals surface area (Å²) in [5.74, 6) is 0.798. The molecule has 3 heterocycles. The molecule has 1 saturated heterocycles. The Balaban J connectivity index is 1.25. The maximum atomic E-state index is 13.3. The van der Waals surface area contributed by atoms with Crippen molar-refractivity contribution in [2.45, 2.75) is 18.7 Å². The zero-order valence-corrected chi connectivity index (χ0v) is 22.4. The van der Waals surface area contributed by atoms with E-state index in [0.717, 1.165) is 62.2 Å². The van der Waals surface area contributed by atoms with Gasteiger partial charge in [-0.2, -0.15) is 5.10 Å². The van der Waals surface area contributed by atoms with Crippen LogP contribution in [0, 0.1) is 13.8 Å². The fourth-order valence-corrected chi connectivity index (χ4v) is 6.81. The van der Waals surface area contributed by atoms with Crippen LogP contribution >= 0.6 is 21.2 Å². The fraction of sp³-hybridized carbons (Fsp3) is 0.391. The lowest BCUT2D eigenvalue weighted by atomic mass is 10.2. The van der Waals surface area contributed by atoms with Crippen LogP contribution in [0.1, 0.15) is 11.4 Å². The Morgan fingerprint density at radius 2 is 1.79 bits per heavy atom. The summed E-state index contributed by atoms with van der Waals surface area (Å²) in [6, 6.07) is 14.4. The average molecular weight is 582 g/mol. The molecular formula is C23H32IN7OS. The first-order valence-corrected chi connectivity index (χ1v) is 15.6. The molecule has 178 valence electrons. The molecule has 0 spiro atoms. The van der Waals surface area contributed by atoms with Crippen molar-refractivity contribution in [2.75, 3.05) is 54.2 Å². The Kier molecular flexibility index (Phi) is 7.55. The molecule has 3 aromatic rings. The normalized spacial score (nSPS) is 15.5. The Hall–Kier alpha value is -2.18. The zero-order valence-electron chi connectivity index (χ0n) is 19.3. The Bertz CT molecular complexity index is 1110. The highest BCUT2D eigenvalue weighted by atomic mass is 127. The van der Waals surface area contributed by atoms with E-state index in [0.29, 0.717) is 4.90 Å². The SMILES string of the molecule is Cc1nn(C)c(C)c1N[SH](=O)(I)c1ccc(NCCN2CCN(c3ccccc3)CC2)nc1. The first-order chi connectivity index (χ1) is 15.8. The van der Waals surface area contributed by atoms with Crippen LogP contribution in [0.25, 0.3) is 0 Å². The second-order valence-corrected chi connectivity index (χ2v) is 14.2. The molecule has 0 aliphatic carbocycles. The van der Waals surface area contributed by atoms with Gasteiger partial charge >= 0.3 is 0 Å². The molecule has 0 radical (unpaired) electrons. The van der Waals surface area contributed by atoms with E-state index in [4.69, 9.17) is 0 Å². The summed E-state index contributed by atoms with van der Waals surface area (Å²) in [6.45, 7) is 9.88. The third-order valence-electron chi connectivity index (χ3n) is 6.07. The Morgan fingerprint density at radius 1 is 1.06 bits per heavy atom. The van der Waals surface area contributed by atoms with Gasteiger partial charge in [0, 0.05) is 86.7 Å². The fourth-order valence-electron chi connectivity index (χ4n) is 4.02. The van der Waals surface area contributed by atoms with Crippen LogP contribution in [0.3, 0.4) is 0 Å². The van der Waals surface area contributed by atoms with Crippen LogP contribution in [-0.2, 0) is 14.3 Å². The lowest BCUT2D eigenvalue weighted by Gasteiger charge is -2.36. The number of para-hydroxylation sites is 1. The highest BCUT2D eigenvalue weighted by Gasteiger charge is 2.19. The Morgan fingerprint density at radius 3 is 2.39 bits per heavy atom. The van der Waals surface area contributed by atoms with Crippen molar-refractivity contribution in [3.63, 3.8) is 0 Å². The van der Waals surface area contributed by atoms with Gasteiger partial charge in [-0.25, -0.2) is 4.98 Å². The molecule has 4 rings (SSSR count). The minimum atomic E-state index is -2.84. The van der Waals surface area contributed by atoms with Gasteiger partial charge in [0.2, 0.25) is 0 Å². The number of pyridine rings is 1. The van der Waals surface area contributed by atoms with Gasteiger partial charge in [0.1, 0.15) is 5.82 Å². The molecule has 0 unspecified atom stereocenters. The third-order valence-corrected chi connectivity index (χ3v) is 9.91. The monoisotopic (exact) mass is 581 g/mol. The number of aromatic nitrogens is 3. The van der Waals surface area contributed by atoms with Gasteiger partial charge in [0.15, 0.2) is 0 Å². The number of halogens is 1. The number of hydrogen-bond acceptors (Lipinski definition) is 6. The number of piperazine rings is 1. The maximum Gasteiger partial charge on any atom is 0.126 e. The summed E-state index contributed by atoms with van der Waals surface area (Å²) >= 11 is 2.00. The highest BCUT2D eigenvalue weighted by molar-refractivity contribution is 14.2. The van der Waals surface area contributed by atoms with E-state index < -0.39 is 7.29 Å². The third kappa shape index (κ3) is 5.85. The van der Waals surface area contributed by atoms with Crippen LogP contribution in [0.15, 0.2) is 53.6 Å². The molecule has 0 amide bonds. The van der Waals surface area contributed by atoms with Crippen LogP contribution in [-0.4, -0.2) is 63.1 Å². The standard InChI is InChI=1S/C23H32IN7OS/c1-18-23(19(2)29(3)27-18)28-33(24,32)21-9-10-22(26-17-21)25-11-12-30-13-15-31(16-14-30)20-7-5-4-6-8-20/h4-10,17,33H,11-16H2,1-3H3,(H,25,26)(H,28,32). The average Bonchev–Trinajstić information content (AvgIpc) is 3.06. The second-order valence-electron chi connectivity index (χ2n) is 8.31. The van der Waals surface area contributed by atoms with Gasteiger partial charge in [-0.1, -0.05) is 18.2 Å². The predicted molar refractivity (Wildman–Crippen MR) is 146 cm³/mol. The van der Waals surface area contributed by atoms with Crippen LogP contribution in [0.4, 0.5) is 17.2 Å². The van der Waals surface area contributed by atoms with Gasteiger partial charge in [-0.15, -0.1) is 0 Å². The van der Waals surface area contributed by atoms with E-state index >= 15 is 0 Å². The predicted octanol–water partition coefficient (Wildman–Crippen LogP) is 3.42. The smallest absolute Gasteiger partial charge is 0.126 e. The number of aryl methyl sites for hydroxylation is 2. The van der Waals surface area contributed by atoms with E-state index in [1.807, 2.05) is 54.2 Å². The molecule has 33 heavy (non-hydrogen) atoms. The van der Waals surface area contributed by atoms with E-state index in [1.165, 1.54) is 5.69 Å². The van der Waals surface area contributed by atoms with Gasteiger partial charge in [-0.3, -0.25) is 13.8 Å². The topological polar surface area (TPSA) is 78.3 Å². The molecule has 1 aliphatic heterocycles. The summed E-state index contributed by atoms with van der Waals surface area (Å²) in [5.41, 5.74) is 3.92. The van der Waals surface area contributed by atoms with Crippen molar-refractivity contribution < 1.29 is 4.21 Å². The van der Waals surface area contributed by atoms with Gasteiger partial charge in [0.05, 0.1) is 22.0 Å². The molecule has 2 N–H and O–H groups in total. The van der Waals surface area contributed by atoms with Gasteiger partial charge in [0.25, 0.3) is 0 Å². The maximum absolute atomic E-state index is 13.3. The number of nitrogens with one attached hydrogen (secondary N) is 2. The first kappa shape index (κ1) is 24.0. The molecule has 2 aromatic heterocycles. The van der Waals surface area contributed by atoms with E-state index in [1.54, 1.807) is 10.9 Å². The molecule has 0 bridgehead atoms. The number of nitrogens with zero attached hydrogens (tertiary/aromatic N) is 5. The van der Waals surface area contributed by atoms with Crippen molar-refractivity contribution in [1.29, 1.82) is 0 Å². The molecule has 8 nitrogen and oxygen atoms in total. The summed E-state index contributed by atoms with van der Waals surface area (Å²) in [7, 11) is -0.957. The Labute approximate surface area is 208 Å². The summed E-state index contributed by atoms with van der Waals surface area (Å²) in [4.78, 5) is 10.1. The van der Waals surface area contributed by atoms with E-state index in [2.05, 4.69) is 60.3 Å². The second kappa shape index (κ2) is 10.4. The number of thiol groups is 1. The largest absolute Gasteiger partial charge is 0.369 e. The minimum absolute atomic E-state index is 0.688. The molecule has 1 fully saturated rings. The number of rotatable bonds is 8. The molecule has 1 aliphatic rings. The molecule has 1 aromatic carbocycles. The zero-order chi connectivity index (χ0) is 23.4. The number of anilines is 3. The quantitative estimate of drug-likeness (QED) is 0.215. The van der Waals surface area contributed by atoms with Crippen molar-refractivity contribution in [2.24, 2.45) is 7.05 Å². The molecular weight excluding hydrogens is 549 g/mol. The highest BCUT2D eigenvalue weighted by Crippen LogP contribution is 2.31. The van der Waals surface area contributed by atoms with Gasteiger partial charge < -0.3 is 14.9 Å². The summed E-state index contributed by atoms with van der Waals surface area (Å²) in [6.07, 6.45) is 1.70. The number of hydrogen-bond donors (Lipinski definition) is 3. The molecule has 0 atom stereocenters. The lowest BCUT2D eigenvalue weighted by molar-refractivity contribution is 0.267. The van der Waals surface area contributed by atoms with Gasteiger partial charge in [-0.05, 0) is 38.1 Å². The molecule has 0 saturated carbocycles. The van der Waals surface area contributed by atoms with Crippen LogP contribution < -0.4 is 14.9 Å². The molecule has 10 heteroatoms.